The van der Waals surface area contributed by atoms with E-state index >= 15 is 0 Å². The van der Waals surface area contributed by atoms with Crippen molar-refractivity contribution in [3.05, 3.63) is 22.5 Å². The minimum atomic E-state index is -0.412. The molecule has 1 amide bonds. The topological polar surface area (TPSA) is 71.2 Å². The molecule has 1 aliphatic carbocycles. The van der Waals surface area contributed by atoms with E-state index < -0.39 is 5.97 Å². The number of aromatic nitrogens is 1. The van der Waals surface area contributed by atoms with Crippen LogP contribution in [-0.2, 0) is 4.74 Å². The van der Waals surface area contributed by atoms with Gasteiger partial charge in [-0.25, -0.2) is 4.79 Å². The molecule has 1 aliphatic rings. The number of aryl methyl sites for hydroxylation is 1. The summed E-state index contributed by atoms with van der Waals surface area (Å²) in [6.45, 7) is 7.93. The van der Waals surface area contributed by atoms with Crippen LogP contribution >= 0.6 is 0 Å². The standard InChI is InChI=1S/C17H26N2O3/c1-9-7-6-8-10(2)14(9)19-16(20)15-11(3)13(12(4)18-15)17(21)22-5/h9-10,14,18H,6-8H2,1-5H3,(H,19,20). The van der Waals surface area contributed by atoms with Crippen molar-refractivity contribution in [2.75, 3.05) is 7.11 Å². The van der Waals surface area contributed by atoms with Crippen LogP contribution in [0.2, 0.25) is 0 Å². The number of carbonyl (C=O) groups is 2. The Bertz CT molecular complexity index is 567. The number of amides is 1. The van der Waals surface area contributed by atoms with Gasteiger partial charge in [-0.2, -0.15) is 0 Å². The largest absolute Gasteiger partial charge is 0.465 e. The predicted octanol–water partition coefficient (Wildman–Crippen LogP) is 2.97. The summed E-state index contributed by atoms with van der Waals surface area (Å²) in [5.74, 6) is 0.402. The normalized spacial score (nSPS) is 24.9. The smallest absolute Gasteiger partial charge is 0.339 e. The van der Waals surface area contributed by atoms with Gasteiger partial charge in [-0.05, 0) is 44.1 Å². The fourth-order valence-electron chi connectivity index (χ4n) is 3.58. The molecule has 0 aliphatic heterocycles. The molecule has 1 aromatic heterocycles. The Kier molecular flexibility index (Phi) is 4.94. The molecule has 1 heterocycles. The van der Waals surface area contributed by atoms with Gasteiger partial charge in [0.1, 0.15) is 5.69 Å². The van der Waals surface area contributed by atoms with Crippen LogP contribution in [0.4, 0.5) is 0 Å². The molecule has 0 aromatic carbocycles. The van der Waals surface area contributed by atoms with Crippen LogP contribution in [0.15, 0.2) is 0 Å². The van der Waals surface area contributed by atoms with E-state index in [1.54, 1.807) is 13.8 Å². The Morgan fingerprint density at radius 1 is 1.18 bits per heavy atom. The number of hydrogen-bond donors (Lipinski definition) is 2. The lowest BCUT2D eigenvalue weighted by molar-refractivity contribution is 0.0599. The molecule has 2 rings (SSSR count). The molecule has 1 saturated carbocycles. The van der Waals surface area contributed by atoms with Gasteiger partial charge in [-0.3, -0.25) is 4.79 Å². The van der Waals surface area contributed by atoms with Crippen molar-refractivity contribution in [1.82, 2.24) is 10.3 Å². The van der Waals surface area contributed by atoms with E-state index in [0.29, 0.717) is 34.4 Å². The average Bonchev–Trinajstić information content (AvgIpc) is 2.77. The number of carbonyl (C=O) groups excluding carboxylic acids is 2. The molecule has 1 aromatic rings. The summed E-state index contributed by atoms with van der Waals surface area (Å²) in [7, 11) is 1.35. The number of esters is 1. The highest BCUT2D eigenvalue weighted by Crippen LogP contribution is 2.29. The number of H-pyrrole nitrogens is 1. The highest BCUT2D eigenvalue weighted by Gasteiger charge is 2.30. The Morgan fingerprint density at radius 2 is 1.77 bits per heavy atom. The summed E-state index contributed by atoms with van der Waals surface area (Å²) >= 11 is 0. The maximum Gasteiger partial charge on any atom is 0.339 e. The number of rotatable bonds is 3. The van der Waals surface area contributed by atoms with Crippen molar-refractivity contribution in [1.29, 1.82) is 0 Å². The Balaban J connectivity index is 2.21. The van der Waals surface area contributed by atoms with Crippen LogP contribution < -0.4 is 5.32 Å². The minimum Gasteiger partial charge on any atom is -0.465 e. The quantitative estimate of drug-likeness (QED) is 0.843. The lowest BCUT2D eigenvalue weighted by Gasteiger charge is -2.35. The summed E-state index contributed by atoms with van der Waals surface area (Å²) in [5.41, 5.74) is 2.23. The van der Waals surface area contributed by atoms with Gasteiger partial charge in [0.15, 0.2) is 0 Å². The highest BCUT2D eigenvalue weighted by atomic mass is 16.5. The zero-order valence-corrected chi connectivity index (χ0v) is 14.1. The molecule has 122 valence electrons. The van der Waals surface area contributed by atoms with E-state index in [1.807, 2.05) is 0 Å². The van der Waals surface area contributed by atoms with Gasteiger partial charge in [0, 0.05) is 11.7 Å². The average molecular weight is 306 g/mol. The number of hydrogen-bond acceptors (Lipinski definition) is 3. The van der Waals surface area contributed by atoms with Gasteiger partial charge in [0.25, 0.3) is 5.91 Å². The molecule has 0 spiro atoms. The van der Waals surface area contributed by atoms with Crippen LogP contribution in [0.5, 0.6) is 0 Å². The molecule has 0 radical (unpaired) electrons. The van der Waals surface area contributed by atoms with Crippen LogP contribution in [-0.4, -0.2) is 30.0 Å². The third-order valence-corrected chi connectivity index (χ3v) is 4.90. The molecule has 0 saturated heterocycles. The second-order valence-electron chi connectivity index (χ2n) is 6.50. The van der Waals surface area contributed by atoms with E-state index in [2.05, 4.69) is 24.1 Å². The molecule has 2 N–H and O–H groups in total. The fourth-order valence-corrected chi connectivity index (χ4v) is 3.58. The van der Waals surface area contributed by atoms with E-state index in [-0.39, 0.29) is 11.9 Å². The SMILES string of the molecule is COC(=O)c1c(C)[nH]c(C(=O)NC2C(C)CCCC2C)c1C. The lowest BCUT2D eigenvalue weighted by Crippen LogP contribution is -2.46. The first-order chi connectivity index (χ1) is 10.4. The first-order valence-corrected chi connectivity index (χ1v) is 7.95. The monoisotopic (exact) mass is 306 g/mol. The Hall–Kier alpha value is -1.78. The summed E-state index contributed by atoms with van der Waals surface area (Å²) < 4.78 is 4.78. The Morgan fingerprint density at radius 3 is 2.32 bits per heavy atom. The minimum absolute atomic E-state index is 0.138. The number of aromatic amines is 1. The summed E-state index contributed by atoms with van der Waals surface area (Å²) in [6, 6.07) is 0.186. The van der Waals surface area contributed by atoms with Gasteiger partial charge in [-0.15, -0.1) is 0 Å². The van der Waals surface area contributed by atoms with E-state index in [1.165, 1.54) is 13.5 Å². The number of nitrogens with one attached hydrogen (secondary N) is 2. The van der Waals surface area contributed by atoms with E-state index in [4.69, 9.17) is 4.74 Å². The molecule has 0 bridgehead atoms. The maximum atomic E-state index is 12.6. The molecule has 22 heavy (non-hydrogen) atoms. The predicted molar refractivity (Wildman–Crippen MR) is 85.0 cm³/mol. The van der Waals surface area contributed by atoms with Crippen molar-refractivity contribution < 1.29 is 14.3 Å². The maximum absolute atomic E-state index is 12.6. The van der Waals surface area contributed by atoms with Crippen LogP contribution in [0.3, 0.4) is 0 Å². The zero-order chi connectivity index (χ0) is 16.4. The third kappa shape index (κ3) is 3.03. The van der Waals surface area contributed by atoms with Crippen LogP contribution in [0.1, 0.15) is 65.2 Å². The second kappa shape index (κ2) is 6.55. The summed E-state index contributed by atoms with van der Waals surface area (Å²) in [6.07, 6.45) is 3.51. The summed E-state index contributed by atoms with van der Waals surface area (Å²) in [4.78, 5) is 27.5. The fraction of sp³-hybridized carbons (Fsp3) is 0.647. The first-order valence-electron chi connectivity index (χ1n) is 7.95. The van der Waals surface area contributed by atoms with Crippen molar-refractivity contribution >= 4 is 11.9 Å². The van der Waals surface area contributed by atoms with Crippen molar-refractivity contribution in [2.24, 2.45) is 11.8 Å². The molecule has 5 heteroatoms. The molecule has 5 nitrogen and oxygen atoms in total. The third-order valence-electron chi connectivity index (χ3n) is 4.90. The lowest BCUT2D eigenvalue weighted by atomic mass is 9.78. The van der Waals surface area contributed by atoms with Crippen LogP contribution in [0, 0.1) is 25.7 Å². The molecule has 1 fully saturated rings. The van der Waals surface area contributed by atoms with Gasteiger partial charge in [-0.1, -0.05) is 20.3 Å². The first kappa shape index (κ1) is 16.6. The van der Waals surface area contributed by atoms with Gasteiger partial charge >= 0.3 is 5.97 Å². The molecular formula is C17H26N2O3. The molecular weight excluding hydrogens is 280 g/mol. The molecule has 2 atom stereocenters. The van der Waals surface area contributed by atoms with Crippen molar-refractivity contribution in [3.8, 4) is 0 Å². The van der Waals surface area contributed by atoms with Crippen LogP contribution in [0.25, 0.3) is 0 Å². The highest BCUT2D eigenvalue weighted by molar-refractivity contribution is 6.00. The van der Waals surface area contributed by atoms with Gasteiger partial charge in [0.2, 0.25) is 0 Å². The molecule has 2 unspecified atom stereocenters. The van der Waals surface area contributed by atoms with Crippen molar-refractivity contribution in [2.45, 2.75) is 53.0 Å². The summed E-state index contributed by atoms with van der Waals surface area (Å²) in [5, 5.41) is 3.15. The number of ether oxygens (including phenoxy) is 1. The van der Waals surface area contributed by atoms with Gasteiger partial charge < -0.3 is 15.0 Å². The van der Waals surface area contributed by atoms with E-state index in [9.17, 15) is 9.59 Å². The Labute approximate surface area is 131 Å². The second-order valence-corrected chi connectivity index (χ2v) is 6.50. The number of methoxy groups -OCH3 is 1. The van der Waals surface area contributed by atoms with E-state index in [0.717, 1.165) is 12.8 Å². The van der Waals surface area contributed by atoms with Crippen molar-refractivity contribution in [3.63, 3.8) is 0 Å². The van der Waals surface area contributed by atoms with Gasteiger partial charge in [0.05, 0.1) is 12.7 Å². The zero-order valence-electron chi connectivity index (χ0n) is 14.1.